The number of rotatable bonds is 6. The Labute approximate surface area is 193 Å². The van der Waals surface area contributed by atoms with E-state index in [1.54, 1.807) is 11.8 Å². The second-order valence-electron chi connectivity index (χ2n) is 8.49. The molecule has 5 rings (SSSR count). The molecule has 32 heavy (non-hydrogen) atoms. The minimum atomic E-state index is 0.150. The molecular weight excluding hydrogens is 418 g/mol. The summed E-state index contributed by atoms with van der Waals surface area (Å²) in [7, 11) is 0. The highest BCUT2D eigenvalue weighted by Crippen LogP contribution is 2.30. The molecule has 1 aromatic heterocycles. The number of anilines is 1. The fraction of sp³-hybridized carbons (Fsp3) is 0.400. The lowest BCUT2D eigenvalue weighted by Crippen LogP contribution is -2.31. The summed E-state index contributed by atoms with van der Waals surface area (Å²) in [5, 5.41) is 10.0. The van der Waals surface area contributed by atoms with Gasteiger partial charge in [0, 0.05) is 37.5 Å². The molecule has 2 aliphatic heterocycles. The van der Waals surface area contributed by atoms with Gasteiger partial charge in [-0.3, -0.25) is 9.36 Å². The van der Waals surface area contributed by atoms with Gasteiger partial charge in [0.05, 0.1) is 5.69 Å². The maximum atomic E-state index is 12.6. The first-order chi connectivity index (χ1) is 15.8. The Balaban J connectivity index is 1.33. The number of piperidine rings is 1. The number of likely N-dealkylation sites (tertiary alicyclic amines) is 1. The monoisotopic (exact) mass is 447 g/mol. The molecule has 0 unspecified atom stereocenters. The third-order valence-corrected chi connectivity index (χ3v) is 7.23. The summed E-state index contributed by atoms with van der Waals surface area (Å²) in [5.74, 6) is 1.87. The number of carbonyl (C=O) groups is 1. The summed E-state index contributed by atoms with van der Waals surface area (Å²) in [6, 6.07) is 18.4. The number of hydrogen-bond acceptors (Lipinski definition) is 5. The normalized spacial score (nSPS) is 16.5. The van der Waals surface area contributed by atoms with E-state index in [0.29, 0.717) is 0 Å². The lowest BCUT2D eigenvalue weighted by atomic mass is 10.1. The summed E-state index contributed by atoms with van der Waals surface area (Å²) in [5.41, 5.74) is 3.04. The SMILES string of the molecule is O=C(c1ccc(CSc2nnc(N3CCCCC3)n2-c2ccccc2)cc1)N1CCCC1. The third kappa shape index (κ3) is 4.53. The van der Waals surface area contributed by atoms with E-state index in [-0.39, 0.29) is 5.91 Å². The van der Waals surface area contributed by atoms with Gasteiger partial charge in [-0.1, -0.05) is 42.1 Å². The molecule has 0 spiro atoms. The van der Waals surface area contributed by atoms with Crippen molar-refractivity contribution in [1.82, 2.24) is 19.7 Å². The Morgan fingerprint density at radius 1 is 0.812 bits per heavy atom. The summed E-state index contributed by atoms with van der Waals surface area (Å²) in [4.78, 5) is 16.9. The Morgan fingerprint density at radius 3 is 2.22 bits per heavy atom. The molecule has 0 N–H and O–H groups in total. The first-order valence-corrected chi connectivity index (χ1v) is 12.5. The van der Waals surface area contributed by atoms with E-state index in [0.717, 1.165) is 67.1 Å². The zero-order valence-electron chi connectivity index (χ0n) is 18.3. The minimum Gasteiger partial charge on any atom is -0.341 e. The predicted octanol–water partition coefficient (Wildman–Crippen LogP) is 4.79. The minimum absolute atomic E-state index is 0.150. The van der Waals surface area contributed by atoms with E-state index in [4.69, 9.17) is 0 Å². The average Bonchev–Trinajstić information content (AvgIpc) is 3.54. The van der Waals surface area contributed by atoms with E-state index in [1.807, 2.05) is 23.1 Å². The molecule has 0 radical (unpaired) electrons. The molecule has 1 amide bonds. The number of hydrogen-bond donors (Lipinski definition) is 0. The maximum absolute atomic E-state index is 12.6. The molecule has 0 atom stereocenters. The highest BCUT2D eigenvalue weighted by molar-refractivity contribution is 7.98. The topological polar surface area (TPSA) is 54.3 Å². The number of aromatic nitrogens is 3. The van der Waals surface area contributed by atoms with Crippen LogP contribution in [0.15, 0.2) is 59.8 Å². The Morgan fingerprint density at radius 2 is 1.50 bits per heavy atom. The van der Waals surface area contributed by atoms with Crippen LogP contribution in [0, 0.1) is 0 Å². The molecule has 2 aromatic carbocycles. The first-order valence-electron chi connectivity index (χ1n) is 11.6. The molecule has 2 aliphatic rings. The van der Waals surface area contributed by atoms with Gasteiger partial charge in [0.2, 0.25) is 5.95 Å². The summed E-state index contributed by atoms with van der Waals surface area (Å²) in [6.07, 6.45) is 5.91. The number of thioether (sulfide) groups is 1. The van der Waals surface area contributed by atoms with Crippen molar-refractivity contribution in [3.8, 4) is 5.69 Å². The van der Waals surface area contributed by atoms with Gasteiger partial charge in [-0.15, -0.1) is 10.2 Å². The predicted molar refractivity (Wildman–Crippen MR) is 129 cm³/mol. The van der Waals surface area contributed by atoms with Gasteiger partial charge >= 0.3 is 0 Å². The fourth-order valence-electron chi connectivity index (χ4n) is 4.45. The molecule has 3 aromatic rings. The van der Waals surface area contributed by atoms with E-state index in [2.05, 4.69) is 56.1 Å². The number of benzene rings is 2. The molecule has 0 bridgehead atoms. The first kappa shape index (κ1) is 21.1. The Hall–Kier alpha value is -2.80. The smallest absolute Gasteiger partial charge is 0.253 e. The van der Waals surface area contributed by atoms with E-state index in [9.17, 15) is 4.79 Å². The number of carbonyl (C=O) groups excluding carboxylic acids is 1. The van der Waals surface area contributed by atoms with Crippen molar-refractivity contribution in [2.75, 3.05) is 31.1 Å². The van der Waals surface area contributed by atoms with Crippen molar-refractivity contribution in [2.45, 2.75) is 43.0 Å². The average molecular weight is 448 g/mol. The van der Waals surface area contributed by atoms with Gasteiger partial charge < -0.3 is 9.80 Å². The van der Waals surface area contributed by atoms with Crippen LogP contribution in [-0.4, -0.2) is 51.8 Å². The quantitative estimate of drug-likeness (QED) is 0.509. The largest absolute Gasteiger partial charge is 0.341 e. The molecule has 0 aliphatic carbocycles. The van der Waals surface area contributed by atoms with Crippen LogP contribution in [-0.2, 0) is 5.75 Å². The zero-order chi connectivity index (χ0) is 21.8. The highest BCUT2D eigenvalue weighted by Gasteiger charge is 2.22. The van der Waals surface area contributed by atoms with Crippen LogP contribution in [0.5, 0.6) is 0 Å². The fourth-order valence-corrected chi connectivity index (χ4v) is 5.35. The second kappa shape index (κ2) is 9.77. The standard InChI is InChI=1S/C25H29N5OS/c31-23(28-15-7-8-16-28)21-13-11-20(12-14-21)19-32-25-27-26-24(29-17-5-2-6-18-29)30(25)22-9-3-1-4-10-22/h1,3-4,9-14H,2,5-8,15-19H2. The lowest BCUT2D eigenvalue weighted by Gasteiger charge is -2.27. The number of amides is 1. The van der Waals surface area contributed by atoms with E-state index < -0.39 is 0 Å². The lowest BCUT2D eigenvalue weighted by molar-refractivity contribution is 0.0793. The number of para-hydroxylation sites is 1. The molecule has 0 saturated carbocycles. The van der Waals surface area contributed by atoms with Crippen LogP contribution >= 0.6 is 11.8 Å². The molecule has 2 saturated heterocycles. The zero-order valence-corrected chi connectivity index (χ0v) is 19.1. The third-order valence-electron chi connectivity index (χ3n) is 6.23. The van der Waals surface area contributed by atoms with Crippen molar-refractivity contribution in [1.29, 1.82) is 0 Å². The summed E-state index contributed by atoms with van der Waals surface area (Å²) >= 11 is 1.69. The molecule has 2 fully saturated rings. The molecule has 166 valence electrons. The molecular formula is C25H29N5OS. The van der Waals surface area contributed by atoms with Crippen molar-refractivity contribution >= 4 is 23.6 Å². The van der Waals surface area contributed by atoms with Crippen LogP contribution in [0.4, 0.5) is 5.95 Å². The Kier molecular flexibility index (Phi) is 6.44. The second-order valence-corrected chi connectivity index (χ2v) is 9.43. The van der Waals surface area contributed by atoms with E-state index in [1.165, 1.54) is 24.8 Å². The van der Waals surface area contributed by atoms with Gasteiger partial charge in [0.15, 0.2) is 5.16 Å². The van der Waals surface area contributed by atoms with Crippen LogP contribution in [0.1, 0.15) is 48.0 Å². The van der Waals surface area contributed by atoms with Crippen molar-refractivity contribution in [3.05, 3.63) is 65.7 Å². The van der Waals surface area contributed by atoms with Crippen molar-refractivity contribution in [3.63, 3.8) is 0 Å². The van der Waals surface area contributed by atoms with Crippen LogP contribution in [0.25, 0.3) is 5.69 Å². The van der Waals surface area contributed by atoms with Crippen molar-refractivity contribution < 1.29 is 4.79 Å². The van der Waals surface area contributed by atoms with E-state index >= 15 is 0 Å². The van der Waals surface area contributed by atoms with Gasteiger partial charge in [0.25, 0.3) is 5.91 Å². The Bertz CT molecular complexity index is 1040. The molecule has 6 nitrogen and oxygen atoms in total. The van der Waals surface area contributed by atoms with Gasteiger partial charge in [-0.25, -0.2) is 0 Å². The van der Waals surface area contributed by atoms with Crippen LogP contribution in [0.3, 0.4) is 0 Å². The summed E-state index contributed by atoms with van der Waals surface area (Å²) in [6.45, 7) is 3.82. The van der Waals surface area contributed by atoms with Gasteiger partial charge in [-0.2, -0.15) is 0 Å². The highest BCUT2D eigenvalue weighted by atomic mass is 32.2. The van der Waals surface area contributed by atoms with Crippen molar-refractivity contribution in [2.24, 2.45) is 0 Å². The van der Waals surface area contributed by atoms with Crippen LogP contribution in [0.2, 0.25) is 0 Å². The number of nitrogens with zero attached hydrogens (tertiary/aromatic N) is 5. The van der Waals surface area contributed by atoms with Crippen LogP contribution < -0.4 is 4.90 Å². The maximum Gasteiger partial charge on any atom is 0.253 e. The van der Waals surface area contributed by atoms with Gasteiger partial charge in [-0.05, 0) is 61.9 Å². The summed E-state index contributed by atoms with van der Waals surface area (Å²) < 4.78 is 2.18. The van der Waals surface area contributed by atoms with Gasteiger partial charge in [0.1, 0.15) is 0 Å². The molecule has 3 heterocycles. The molecule has 7 heteroatoms.